The van der Waals surface area contributed by atoms with Crippen molar-refractivity contribution >= 4 is 28.9 Å². The number of aromatic nitrogens is 1. The number of nitro groups is 1. The van der Waals surface area contributed by atoms with Gasteiger partial charge in [-0.2, -0.15) is 18.2 Å². The largest absolute Gasteiger partial charge is 0.476 e. The number of halogens is 5. The molecule has 0 atom stereocenters. The number of ether oxygens (including phenoxy) is 2. The van der Waals surface area contributed by atoms with Crippen molar-refractivity contribution in [2.45, 2.75) is 6.18 Å². The number of methoxy groups -OCH3 is 1. The molecule has 0 radical (unpaired) electrons. The van der Waals surface area contributed by atoms with E-state index in [2.05, 4.69) is 4.98 Å². The van der Waals surface area contributed by atoms with Crippen molar-refractivity contribution in [3.05, 3.63) is 50.0 Å². The Balaban J connectivity index is 2.40. The molecule has 0 fully saturated rings. The molecule has 2 rings (SSSR count). The Morgan fingerprint density at radius 2 is 1.79 bits per heavy atom. The van der Waals surface area contributed by atoms with Gasteiger partial charge in [-0.25, -0.2) is 0 Å². The van der Waals surface area contributed by atoms with E-state index >= 15 is 0 Å². The van der Waals surface area contributed by atoms with Gasteiger partial charge < -0.3 is 9.47 Å². The number of hydrogen-bond donors (Lipinski definition) is 0. The first-order chi connectivity index (χ1) is 11.1. The van der Waals surface area contributed by atoms with Crippen molar-refractivity contribution in [1.82, 2.24) is 4.98 Å². The van der Waals surface area contributed by atoms with Crippen LogP contribution < -0.4 is 9.47 Å². The summed E-state index contributed by atoms with van der Waals surface area (Å²) in [5.41, 5.74) is -1.45. The first-order valence-corrected chi connectivity index (χ1v) is 6.82. The van der Waals surface area contributed by atoms with Gasteiger partial charge in [0.15, 0.2) is 5.75 Å². The number of hydrogen-bond acceptors (Lipinski definition) is 5. The Labute approximate surface area is 142 Å². The van der Waals surface area contributed by atoms with E-state index in [1.807, 2.05) is 0 Å². The molecule has 1 aromatic heterocycles. The highest BCUT2D eigenvalue weighted by atomic mass is 35.5. The molecule has 0 saturated heterocycles. The van der Waals surface area contributed by atoms with Crippen molar-refractivity contribution in [2.75, 3.05) is 7.11 Å². The molecule has 0 bridgehead atoms. The lowest BCUT2D eigenvalue weighted by Crippen LogP contribution is -2.05. The maximum atomic E-state index is 12.7. The first-order valence-electron chi connectivity index (χ1n) is 6.07. The zero-order valence-electron chi connectivity index (χ0n) is 11.7. The minimum absolute atomic E-state index is 0.194. The molecule has 0 unspecified atom stereocenters. The van der Waals surface area contributed by atoms with Crippen molar-refractivity contribution in [3.63, 3.8) is 0 Å². The van der Waals surface area contributed by atoms with Gasteiger partial charge in [-0.05, 0) is 12.1 Å². The lowest BCUT2D eigenvalue weighted by molar-refractivity contribution is -0.386. The molecule has 0 saturated carbocycles. The van der Waals surface area contributed by atoms with Crippen LogP contribution in [0.2, 0.25) is 10.0 Å². The number of alkyl halides is 3. The standard InChI is InChI=1S/C13H7Cl2F3N2O4/c1-23-12-9(20(21)22)2-3-10(19-12)24-11-7(14)4-6(5-8(11)15)13(16,17)18/h2-5H,1H3. The van der Waals surface area contributed by atoms with Gasteiger partial charge >= 0.3 is 11.9 Å². The van der Waals surface area contributed by atoms with Crippen LogP contribution in [0, 0.1) is 10.1 Å². The quantitative estimate of drug-likeness (QED) is 0.542. The van der Waals surface area contributed by atoms with Gasteiger partial charge in [0, 0.05) is 12.1 Å². The highest BCUT2D eigenvalue weighted by Crippen LogP contribution is 2.42. The first kappa shape index (κ1) is 18.1. The molecule has 0 aliphatic heterocycles. The number of nitrogens with zero attached hydrogens (tertiary/aromatic N) is 2. The fourth-order valence-electron chi connectivity index (χ4n) is 1.69. The van der Waals surface area contributed by atoms with Crippen molar-refractivity contribution in [3.8, 4) is 17.5 Å². The third-order valence-corrected chi connectivity index (χ3v) is 3.30. The SMILES string of the molecule is COc1nc(Oc2c(Cl)cc(C(F)(F)F)cc2Cl)ccc1[N+](=O)[O-]. The van der Waals surface area contributed by atoms with E-state index in [0.29, 0.717) is 12.1 Å². The summed E-state index contributed by atoms with van der Waals surface area (Å²) in [5, 5.41) is 10.00. The third-order valence-electron chi connectivity index (χ3n) is 2.74. The van der Waals surface area contributed by atoms with Crippen molar-refractivity contribution < 1.29 is 27.6 Å². The molecule has 1 aromatic carbocycles. The number of pyridine rings is 1. The highest BCUT2D eigenvalue weighted by Gasteiger charge is 2.32. The minimum Gasteiger partial charge on any atom is -0.476 e. The van der Waals surface area contributed by atoms with Gasteiger partial charge in [0.1, 0.15) is 0 Å². The van der Waals surface area contributed by atoms with Crippen molar-refractivity contribution in [2.24, 2.45) is 0 Å². The molecule has 0 spiro atoms. The Bertz CT molecular complexity index is 776. The second kappa shape index (κ2) is 6.70. The summed E-state index contributed by atoms with van der Waals surface area (Å²) in [6.45, 7) is 0. The normalized spacial score (nSPS) is 11.2. The molecule has 128 valence electrons. The average molecular weight is 383 g/mol. The van der Waals surface area contributed by atoms with Crippen LogP contribution in [0.25, 0.3) is 0 Å². The maximum Gasteiger partial charge on any atom is 0.416 e. The summed E-state index contributed by atoms with van der Waals surface area (Å²) < 4.78 is 48.0. The van der Waals surface area contributed by atoms with Crippen LogP contribution in [-0.4, -0.2) is 17.0 Å². The smallest absolute Gasteiger partial charge is 0.416 e. The van der Waals surface area contributed by atoms with Gasteiger partial charge in [0.2, 0.25) is 5.88 Å². The van der Waals surface area contributed by atoms with Crippen LogP contribution in [0.3, 0.4) is 0 Å². The van der Waals surface area contributed by atoms with Crippen LogP contribution in [0.4, 0.5) is 18.9 Å². The topological polar surface area (TPSA) is 74.5 Å². The van der Waals surface area contributed by atoms with E-state index in [1.165, 1.54) is 0 Å². The zero-order valence-corrected chi connectivity index (χ0v) is 13.2. The predicted molar refractivity (Wildman–Crippen MR) is 79.0 cm³/mol. The molecule has 0 N–H and O–H groups in total. The molecule has 11 heteroatoms. The van der Waals surface area contributed by atoms with Crippen LogP contribution in [0.15, 0.2) is 24.3 Å². The van der Waals surface area contributed by atoms with Gasteiger partial charge in [0.25, 0.3) is 5.88 Å². The Morgan fingerprint density at radius 1 is 1.21 bits per heavy atom. The fraction of sp³-hybridized carbons (Fsp3) is 0.154. The summed E-state index contributed by atoms with van der Waals surface area (Å²) in [6.07, 6.45) is -4.62. The molecule has 0 aliphatic carbocycles. The summed E-state index contributed by atoms with van der Waals surface area (Å²) in [6, 6.07) is 3.48. The molecule has 2 aromatic rings. The molecule has 6 nitrogen and oxygen atoms in total. The molecular formula is C13H7Cl2F3N2O4. The monoisotopic (exact) mass is 382 g/mol. The number of benzene rings is 1. The third kappa shape index (κ3) is 3.80. The maximum absolute atomic E-state index is 12.7. The summed E-state index contributed by atoms with van der Waals surface area (Å²) in [4.78, 5) is 13.8. The van der Waals surface area contributed by atoms with E-state index < -0.39 is 32.4 Å². The summed E-state index contributed by atoms with van der Waals surface area (Å²) >= 11 is 11.5. The molecule has 0 aliphatic rings. The molecule has 24 heavy (non-hydrogen) atoms. The molecule has 1 heterocycles. The van der Waals surface area contributed by atoms with Gasteiger partial charge in [-0.15, -0.1) is 0 Å². The van der Waals surface area contributed by atoms with Crippen LogP contribution >= 0.6 is 23.2 Å². The molecule has 0 amide bonds. The second-order valence-corrected chi connectivity index (χ2v) is 5.12. The molecular weight excluding hydrogens is 376 g/mol. The van der Waals surface area contributed by atoms with E-state index in [1.54, 1.807) is 0 Å². The lowest BCUT2D eigenvalue weighted by atomic mass is 10.2. The van der Waals surface area contributed by atoms with E-state index in [0.717, 1.165) is 19.2 Å². The van der Waals surface area contributed by atoms with E-state index in [-0.39, 0.29) is 17.5 Å². The lowest BCUT2D eigenvalue weighted by Gasteiger charge is -2.13. The fourth-order valence-corrected chi connectivity index (χ4v) is 2.25. The van der Waals surface area contributed by atoms with Gasteiger partial charge in [-0.3, -0.25) is 10.1 Å². The highest BCUT2D eigenvalue weighted by molar-refractivity contribution is 6.37. The summed E-state index contributed by atoms with van der Waals surface area (Å²) in [5.74, 6) is -0.799. The van der Waals surface area contributed by atoms with Crippen molar-refractivity contribution in [1.29, 1.82) is 0 Å². The average Bonchev–Trinajstić information content (AvgIpc) is 2.49. The Kier molecular flexibility index (Phi) is 5.05. The van der Waals surface area contributed by atoms with Crippen LogP contribution in [0.5, 0.6) is 17.5 Å². The number of rotatable bonds is 4. The predicted octanol–water partition coefficient (Wildman–Crippen LogP) is 5.12. The Morgan fingerprint density at radius 3 is 2.25 bits per heavy atom. The minimum atomic E-state index is -4.62. The van der Waals surface area contributed by atoms with Crippen LogP contribution in [-0.2, 0) is 6.18 Å². The van der Waals surface area contributed by atoms with Gasteiger partial charge in [-0.1, -0.05) is 23.2 Å². The van der Waals surface area contributed by atoms with Crippen LogP contribution in [0.1, 0.15) is 5.56 Å². The van der Waals surface area contributed by atoms with E-state index in [9.17, 15) is 23.3 Å². The zero-order chi connectivity index (χ0) is 18.1. The second-order valence-electron chi connectivity index (χ2n) is 4.30. The Hall–Kier alpha value is -2.26. The van der Waals surface area contributed by atoms with E-state index in [4.69, 9.17) is 32.7 Å². The van der Waals surface area contributed by atoms with Gasteiger partial charge in [0.05, 0.1) is 27.6 Å². The summed E-state index contributed by atoms with van der Waals surface area (Å²) in [7, 11) is 1.16.